The van der Waals surface area contributed by atoms with Crippen LogP contribution in [-0.2, 0) is 14.3 Å². The number of ether oxygens (including phenoxy) is 2. The van der Waals surface area contributed by atoms with E-state index in [-0.39, 0.29) is 29.4 Å². The molecule has 0 radical (unpaired) electrons. The van der Waals surface area contributed by atoms with Gasteiger partial charge in [-0.05, 0) is 37.8 Å². The number of allylic oxidation sites excluding steroid dienone is 2. The number of hydrogen-bond donors (Lipinski definition) is 1. The molecule has 1 heterocycles. The summed E-state index contributed by atoms with van der Waals surface area (Å²) in [6.07, 6.45) is 5.81. The Kier molecular flexibility index (Phi) is 3.56. The minimum absolute atomic E-state index is 0.0491. The third-order valence-electron chi connectivity index (χ3n) is 5.06. The highest BCUT2D eigenvalue weighted by Gasteiger charge is 2.52. The van der Waals surface area contributed by atoms with Gasteiger partial charge in [0.25, 0.3) is 0 Å². The monoisotopic (exact) mass is 277 g/mol. The Balaban J connectivity index is 2.03. The van der Waals surface area contributed by atoms with Gasteiger partial charge < -0.3 is 15.2 Å². The van der Waals surface area contributed by atoms with Crippen LogP contribution in [0, 0.1) is 11.3 Å². The predicted octanol–water partition coefficient (Wildman–Crippen LogP) is 1.95. The Morgan fingerprint density at radius 1 is 1.50 bits per heavy atom. The summed E-state index contributed by atoms with van der Waals surface area (Å²) in [5.74, 6) is 0.375. The molecule has 0 amide bonds. The Labute approximate surface area is 120 Å². The van der Waals surface area contributed by atoms with Gasteiger partial charge in [-0.15, -0.1) is 0 Å². The van der Waals surface area contributed by atoms with Crippen molar-refractivity contribution in [2.24, 2.45) is 17.1 Å². The molecule has 1 saturated heterocycles. The van der Waals surface area contributed by atoms with Gasteiger partial charge in [0.05, 0.1) is 6.61 Å². The van der Waals surface area contributed by atoms with Crippen LogP contribution < -0.4 is 5.73 Å². The summed E-state index contributed by atoms with van der Waals surface area (Å²) >= 11 is 0. The van der Waals surface area contributed by atoms with Gasteiger partial charge in [0, 0.05) is 30.9 Å². The summed E-state index contributed by atoms with van der Waals surface area (Å²) in [5.41, 5.74) is 8.88. The molecule has 1 unspecified atom stereocenters. The second-order valence-electron chi connectivity index (χ2n) is 6.18. The lowest BCUT2D eigenvalue weighted by Crippen LogP contribution is -2.53. The molecule has 2 N–H and O–H groups in total. The second kappa shape index (κ2) is 5.10. The molecule has 2 aliphatic carbocycles. The van der Waals surface area contributed by atoms with Crippen LogP contribution >= 0.6 is 0 Å². The number of hydrogen-bond acceptors (Lipinski definition) is 4. The maximum absolute atomic E-state index is 11.8. The molecule has 20 heavy (non-hydrogen) atoms. The molecule has 4 atom stereocenters. The molecular formula is C16H23NO3. The number of rotatable bonds is 2. The largest absolute Gasteiger partial charge is 0.353 e. The summed E-state index contributed by atoms with van der Waals surface area (Å²) in [7, 11) is 0. The molecule has 3 aliphatic rings. The van der Waals surface area contributed by atoms with Crippen molar-refractivity contribution in [2.45, 2.75) is 45.4 Å². The number of carbonyl (C=O) groups is 1. The van der Waals surface area contributed by atoms with Crippen molar-refractivity contribution in [3.05, 3.63) is 23.3 Å². The topological polar surface area (TPSA) is 61.5 Å². The lowest BCUT2D eigenvalue weighted by atomic mass is 9.56. The maximum Gasteiger partial charge on any atom is 0.159 e. The highest BCUT2D eigenvalue weighted by atomic mass is 16.7. The first kappa shape index (κ1) is 14.0. The van der Waals surface area contributed by atoms with E-state index in [1.807, 2.05) is 6.92 Å². The molecule has 0 bridgehead atoms. The summed E-state index contributed by atoms with van der Waals surface area (Å²) in [6, 6.07) is 0.0491. The fourth-order valence-electron chi connectivity index (χ4n) is 4.11. The molecule has 110 valence electrons. The number of carbonyl (C=O) groups excluding carboxylic acids is 1. The zero-order valence-corrected chi connectivity index (χ0v) is 12.2. The van der Waals surface area contributed by atoms with E-state index in [4.69, 9.17) is 15.2 Å². The first-order chi connectivity index (χ1) is 9.56. The van der Waals surface area contributed by atoms with Gasteiger partial charge in [-0.1, -0.05) is 11.6 Å². The van der Waals surface area contributed by atoms with Gasteiger partial charge in [0.2, 0.25) is 0 Å². The van der Waals surface area contributed by atoms with Gasteiger partial charge in [0.15, 0.2) is 12.1 Å². The molecule has 4 nitrogen and oxygen atoms in total. The van der Waals surface area contributed by atoms with Crippen LogP contribution in [0.4, 0.5) is 0 Å². The van der Waals surface area contributed by atoms with Crippen molar-refractivity contribution >= 4 is 5.78 Å². The third kappa shape index (κ3) is 2.07. The molecule has 4 heteroatoms. The molecule has 1 aliphatic heterocycles. The third-order valence-corrected chi connectivity index (χ3v) is 5.06. The van der Waals surface area contributed by atoms with E-state index in [0.29, 0.717) is 19.6 Å². The number of ketones is 1. The Morgan fingerprint density at radius 3 is 3.05 bits per heavy atom. The van der Waals surface area contributed by atoms with Crippen molar-refractivity contribution in [3.63, 3.8) is 0 Å². The quantitative estimate of drug-likeness (QED) is 0.784. The van der Waals surface area contributed by atoms with Crippen LogP contribution in [-0.4, -0.2) is 31.3 Å². The standard InChI is InChI=1S/C16H23NO3/c1-3-19-15-8-16-5-4-11(18)7-12(16)14(17)6-10(2)13(16)9-20-15/h4-5,12,14-15H,3,6-9,17H2,1-2H3/t12-,14+,15?,16+/m0/s1. The molecule has 0 aromatic carbocycles. The van der Waals surface area contributed by atoms with E-state index < -0.39 is 0 Å². The van der Waals surface area contributed by atoms with Gasteiger partial charge in [-0.25, -0.2) is 0 Å². The van der Waals surface area contributed by atoms with Crippen molar-refractivity contribution < 1.29 is 14.3 Å². The Hall–Kier alpha value is -0.970. The van der Waals surface area contributed by atoms with Crippen molar-refractivity contribution in [1.29, 1.82) is 0 Å². The van der Waals surface area contributed by atoms with Crippen LogP contribution in [0.15, 0.2) is 23.3 Å². The van der Waals surface area contributed by atoms with Crippen LogP contribution in [0.2, 0.25) is 0 Å². The van der Waals surface area contributed by atoms with E-state index in [1.165, 1.54) is 11.1 Å². The van der Waals surface area contributed by atoms with Crippen molar-refractivity contribution in [3.8, 4) is 0 Å². The van der Waals surface area contributed by atoms with Crippen molar-refractivity contribution in [2.75, 3.05) is 13.2 Å². The molecule has 0 aromatic rings. The zero-order chi connectivity index (χ0) is 14.3. The van der Waals surface area contributed by atoms with E-state index >= 15 is 0 Å². The summed E-state index contributed by atoms with van der Waals surface area (Å²) in [4.78, 5) is 11.8. The first-order valence-corrected chi connectivity index (χ1v) is 7.46. The average Bonchev–Trinajstić information content (AvgIpc) is 2.41. The van der Waals surface area contributed by atoms with E-state index in [9.17, 15) is 4.79 Å². The van der Waals surface area contributed by atoms with Gasteiger partial charge in [-0.2, -0.15) is 0 Å². The summed E-state index contributed by atoms with van der Waals surface area (Å²) in [6.45, 7) is 5.35. The van der Waals surface area contributed by atoms with Crippen LogP contribution in [0.1, 0.15) is 33.1 Å². The van der Waals surface area contributed by atoms with E-state index in [1.54, 1.807) is 6.08 Å². The van der Waals surface area contributed by atoms with E-state index in [2.05, 4.69) is 13.0 Å². The van der Waals surface area contributed by atoms with E-state index in [0.717, 1.165) is 12.8 Å². The van der Waals surface area contributed by atoms with Crippen LogP contribution in [0.5, 0.6) is 0 Å². The molecule has 0 saturated carbocycles. The van der Waals surface area contributed by atoms with Gasteiger partial charge >= 0.3 is 0 Å². The highest BCUT2D eigenvalue weighted by molar-refractivity contribution is 5.91. The predicted molar refractivity (Wildman–Crippen MR) is 76.0 cm³/mol. The Bertz CT molecular complexity index is 482. The SMILES string of the molecule is CCOC1C[C@]23C=CC(=O)C[C@H]2[C@H](N)CC(C)=C3CO1. The lowest BCUT2D eigenvalue weighted by Gasteiger charge is -2.52. The Morgan fingerprint density at radius 2 is 2.30 bits per heavy atom. The van der Waals surface area contributed by atoms with Crippen LogP contribution in [0.25, 0.3) is 0 Å². The first-order valence-electron chi connectivity index (χ1n) is 7.46. The average molecular weight is 277 g/mol. The fourth-order valence-corrected chi connectivity index (χ4v) is 4.11. The molecule has 1 spiro atoms. The smallest absolute Gasteiger partial charge is 0.159 e. The molecular weight excluding hydrogens is 254 g/mol. The number of nitrogens with two attached hydrogens (primary N) is 1. The summed E-state index contributed by atoms with van der Waals surface area (Å²) < 4.78 is 11.5. The zero-order valence-electron chi connectivity index (χ0n) is 12.2. The lowest BCUT2D eigenvalue weighted by molar-refractivity contribution is -0.175. The highest BCUT2D eigenvalue weighted by Crippen LogP contribution is 2.54. The van der Waals surface area contributed by atoms with Crippen molar-refractivity contribution in [1.82, 2.24) is 0 Å². The van der Waals surface area contributed by atoms with Gasteiger partial charge in [0.1, 0.15) is 0 Å². The fraction of sp³-hybridized carbons (Fsp3) is 0.688. The normalized spacial score (nSPS) is 40.5. The summed E-state index contributed by atoms with van der Waals surface area (Å²) in [5, 5.41) is 0. The minimum Gasteiger partial charge on any atom is -0.353 e. The van der Waals surface area contributed by atoms with Gasteiger partial charge in [-0.3, -0.25) is 4.79 Å². The molecule has 0 aromatic heterocycles. The maximum atomic E-state index is 11.8. The minimum atomic E-state index is -0.192. The second-order valence-corrected chi connectivity index (χ2v) is 6.18. The molecule has 3 rings (SSSR count). The molecule has 1 fully saturated rings. The van der Waals surface area contributed by atoms with Crippen LogP contribution in [0.3, 0.4) is 0 Å².